The van der Waals surface area contributed by atoms with Gasteiger partial charge < -0.3 is 10.2 Å². The van der Waals surface area contributed by atoms with Crippen molar-refractivity contribution < 1.29 is 18.0 Å². The summed E-state index contributed by atoms with van der Waals surface area (Å²) in [5, 5.41) is 2.93. The summed E-state index contributed by atoms with van der Waals surface area (Å²) in [6.45, 7) is 12.0. The molecule has 1 unspecified atom stereocenters. The quantitative estimate of drug-likeness (QED) is 0.451. The number of hydrogen-bond acceptors (Lipinski definition) is 4. The number of anilines is 1. The van der Waals surface area contributed by atoms with E-state index in [1.807, 2.05) is 84.0 Å². The molecule has 0 spiro atoms. The molecule has 0 radical (unpaired) electrons. The van der Waals surface area contributed by atoms with E-state index in [0.717, 1.165) is 22.3 Å². The predicted molar refractivity (Wildman–Crippen MR) is 146 cm³/mol. The van der Waals surface area contributed by atoms with Gasteiger partial charge >= 0.3 is 0 Å². The van der Waals surface area contributed by atoms with Crippen molar-refractivity contribution >= 4 is 27.5 Å². The molecule has 0 aliphatic carbocycles. The predicted octanol–water partition coefficient (Wildman–Crippen LogP) is 4.49. The Labute approximate surface area is 216 Å². The lowest BCUT2D eigenvalue weighted by molar-refractivity contribution is -0.141. The Bertz CT molecular complexity index is 1140. The van der Waals surface area contributed by atoms with E-state index in [-0.39, 0.29) is 30.8 Å². The summed E-state index contributed by atoms with van der Waals surface area (Å²) in [6.07, 6.45) is 2.14. The zero-order valence-corrected chi connectivity index (χ0v) is 23.5. The third-order valence-electron chi connectivity index (χ3n) is 6.08. The third kappa shape index (κ3) is 8.36. The Kier molecular flexibility index (Phi) is 10.5. The van der Waals surface area contributed by atoms with Gasteiger partial charge in [0.2, 0.25) is 21.8 Å². The molecule has 2 rings (SSSR count). The molecule has 0 saturated heterocycles. The minimum absolute atomic E-state index is 0.0382. The van der Waals surface area contributed by atoms with E-state index in [0.29, 0.717) is 25.1 Å². The molecule has 36 heavy (non-hydrogen) atoms. The van der Waals surface area contributed by atoms with Crippen LogP contribution in [0.1, 0.15) is 62.3 Å². The van der Waals surface area contributed by atoms with Gasteiger partial charge in [-0.1, -0.05) is 48.9 Å². The minimum atomic E-state index is -3.53. The highest BCUT2D eigenvalue weighted by Crippen LogP contribution is 2.25. The lowest BCUT2D eigenvalue weighted by Crippen LogP contribution is -2.50. The van der Waals surface area contributed by atoms with Crippen molar-refractivity contribution in [2.75, 3.05) is 17.1 Å². The van der Waals surface area contributed by atoms with E-state index in [4.69, 9.17) is 0 Å². The van der Waals surface area contributed by atoms with E-state index < -0.39 is 16.1 Å². The summed E-state index contributed by atoms with van der Waals surface area (Å²) in [4.78, 5) is 28.1. The first-order valence-corrected chi connectivity index (χ1v) is 14.4. The Morgan fingerprint density at radius 2 is 1.58 bits per heavy atom. The van der Waals surface area contributed by atoms with Crippen LogP contribution in [0.4, 0.5) is 5.69 Å². The normalized spacial score (nSPS) is 12.3. The van der Waals surface area contributed by atoms with E-state index in [1.165, 1.54) is 10.6 Å². The highest BCUT2D eigenvalue weighted by atomic mass is 32.2. The van der Waals surface area contributed by atoms with Crippen LogP contribution in [0.25, 0.3) is 0 Å². The Balaban J connectivity index is 2.24. The molecule has 2 aromatic rings. The van der Waals surface area contributed by atoms with E-state index in [2.05, 4.69) is 5.32 Å². The molecule has 0 heterocycles. The number of sulfonamides is 1. The smallest absolute Gasteiger partial charge is 0.243 e. The summed E-state index contributed by atoms with van der Waals surface area (Å²) in [5.74, 6) is -0.350. The molecular weight excluding hydrogens is 474 g/mol. The van der Waals surface area contributed by atoms with Crippen molar-refractivity contribution in [1.29, 1.82) is 0 Å². The monoisotopic (exact) mass is 515 g/mol. The standard InChI is InChI=1S/C28H41N3O4S/c1-8-25(28(33)29-20(2)3)30(19-24-15-12-21(4)13-16-24)27(32)10-9-17-31(36(7,34)35)26-18-22(5)11-14-23(26)6/h11-16,18,20,25H,8-10,17,19H2,1-7H3,(H,29,33). The van der Waals surface area contributed by atoms with E-state index in [1.54, 1.807) is 4.90 Å². The van der Waals surface area contributed by atoms with Gasteiger partial charge in [0.1, 0.15) is 6.04 Å². The maximum absolute atomic E-state index is 13.5. The van der Waals surface area contributed by atoms with Gasteiger partial charge in [-0.3, -0.25) is 13.9 Å². The van der Waals surface area contributed by atoms with Crippen molar-refractivity contribution in [3.05, 3.63) is 64.7 Å². The maximum atomic E-state index is 13.5. The first-order chi connectivity index (χ1) is 16.8. The minimum Gasteiger partial charge on any atom is -0.352 e. The van der Waals surface area contributed by atoms with Gasteiger partial charge in [-0.2, -0.15) is 0 Å². The molecular formula is C28H41N3O4S. The SMILES string of the molecule is CCC(C(=O)NC(C)C)N(Cc1ccc(C)cc1)C(=O)CCCN(c1cc(C)ccc1C)S(C)(=O)=O. The molecule has 198 valence electrons. The lowest BCUT2D eigenvalue weighted by atomic mass is 10.1. The molecule has 1 atom stereocenters. The molecule has 7 nitrogen and oxygen atoms in total. The van der Waals surface area contributed by atoms with Gasteiger partial charge in [0.25, 0.3) is 0 Å². The molecule has 2 aromatic carbocycles. The lowest BCUT2D eigenvalue weighted by Gasteiger charge is -2.31. The number of carbonyl (C=O) groups excluding carboxylic acids is 2. The van der Waals surface area contributed by atoms with Crippen LogP contribution in [0.15, 0.2) is 42.5 Å². The fourth-order valence-corrected chi connectivity index (χ4v) is 5.18. The third-order valence-corrected chi connectivity index (χ3v) is 7.26. The summed E-state index contributed by atoms with van der Waals surface area (Å²) >= 11 is 0. The first kappa shape index (κ1) is 29.4. The molecule has 8 heteroatoms. The summed E-state index contributed by atoms with van der Waals surface area (Å²) in [7, 11) is -3.53. The van der Waals surface area contributed by atoms with Crippen molar-refractivity contribution in [1.82, 2.24) is 10.2 Å². The largest absolute Gasteiger partial charge is 0.352 e. The highest BCUT2D eigenvalue weighted by Gasteiger charge is 2.29. The second kappa shape index (κ2) is 12.9. The molecule has 0 aliphatic heterocycles. The number of amides is 2. The number of nitrogens with one attached hydrogen (secondary N) is 1. The highest BCUT2D eigenvalue weighted by molar-refractivity contribution is 7.92. The zero-order valence-electron chi connectivity index (χ0n) is 22.7. The van der Waals surface area contributed by atoms with Gasteiger partial charge in [-0.15, -0.1) is 0 Å². The average Bonchev–Trinajstić information content (AvgIpc) is 2.78. The zero-order chi connectivity index (χ0) is 27.0. The number of nitrogens with zero attached hydrogens (tertiary/aromatic N) is 2. The van der Waals surface area contributed by atoms with Gasteiger partial charge in [0.15, 0.2) is 0 Å². The van der Waals surface area contributed by atoms with Crippen LogP contribution in [-0.4, -0.2) is 50.0 Å². The second-order valence-electron chi connectivity index (χ2n) is 9.82. The van der Waals surface area contributed by atoms with Crippen molar-refractivity contribution in [2.24, 2.45) is 0 Å². The average molecular weight is 516 g/mol. The van der Waals surface area contributed by atoms with Crippen LogP contribution < -0.4 is 9.62 Å². The topological polar surface area (TPSA) is 86.8 Å². The van der Waals surface area contributed by atoms with Gasteiger partial charge in [-0.05, 0) is 70.2 Å². The number of aryl methyl sites for hydroxylation is 3. The summed E-state index contributed by atoms with van der Waals surface area (Å²) < 4.78 is 26.6. The number of benzene rings is 2. The van der Waals surface area contributed by atoms with Crippen LogP contribution in [-0.2, 0) is 26.2 Å². The summed E-state index contributed by atoms with van der Waals surface area (Å²) in [5.41, 5.74) is 4.51. The fourth-order valence-electron chi connectivity index (χ4n) is 4.16. The molecule has 0 aliphatic rings. The van der Waals surface area contributed by atoms with Crippen molar-refractivity contribution in [3.63, 3.8) is 0 Å². The van der Waals surface area contributed by atoms with Gasteiger partial charge in [0, 0.05) is 25.6 Å². The van der Waals surface area contributed by atoms with E-state index in [9.17, 15) is 18.0 Å². The Morgan fingerprint density at radius 3 is 2.14 bits per heavy atom. The second-order valence-corrected chi connectivity index (χ2v) is 11.7. The number of carbonyl (C=O) groups is 2. The van der Waals surface area contributed by atoms with Crippen LogP contribution in [0, 0.1) is 20.8 Å². The molecule has 2 amide bonds. The molecule has 0 aromatic heterocycles. The molecule has 1 N–H and O–H groups in total. The van der Waals surface area contributed by atoms with Crippen LogP contribution >= 0.6 is 0 Å². The van der Waals surface area contributed by atoms with Gasteiger partial charge in [-0.25, -0.2) is 8.42 Å². The Hall–Kier alpha value is -2.87. The van der Waals surface area contributed by atoms with Crippen molar-refractivity contribution in [3.8, 4) is 0 Å². The summed E-state index contributed by atoms with van der Waals surface area (Å²) in [6, 6.07) is 13.0. The fraction of sp³-hybridized carbons (Fsp3) is 0.500. The van der Waals surface area contributed by atoms with E-state index >= 15 is 0 Å². The van der Waals surface area contributed by atoms with Crippen molar-refractivity contribution in [2.45, 2.75) is 79.4 Å². The van der Waals surface area contributed by atoms with Crippen LogP contribution in [0.5, 0.6) is 0 Å². The van der Waals surface area contributed by atoms with Gasteiger partial charge in [0.05, 0.1) is 11.9 Å². The number of hydrogen-bond donors (Lipinski definition) is 1. The molecule has 0 fully saturated rings. The van der Waals surface area contributed by atoms with Crippen LogP contribution in [0.2, 0.25) is 0 Å². The first-order valence-electron chi connectivity index (χ1n) is 12.5. The molecule has 0 saturated carbocycles. The number of rotatable bonds is 12. The Morgan fingerprint density at radius 1 is 0.972 bits per heavy atom. The van der Waals surface area contributed by atoms with Crippen LogP contribution in [0.3, 0.4) is 0 Å². The maximum Gasteiger partial charge on any atom is 0.243 e. The molecule has 0 bridgehead atoms.